The Morgan fingerprint density at radius 1 is 1.69 bits per heavy atom. The Bertz CT molecular complexity index is 406. The Balaban J connectivity index is 2.57. The monoisotopic (exact) mass is 238 g/mol. The molecule has 0 spiro atoms. The van der Waals surface area contributed by atoms with Gasteiger partial charge in [-0.05, 0) is 17.4 Å². The van der Waals surface area contributed by atoms with Gasteiger partial charge in [-0.3, -0.25) is 4.79 Å². The molecular formula is C11H14N2O2S. The minimum absolute atomic E-state index is 0.0964. The number of thiophene rings is 1. The summed E-state index contributed by atoms with van der Waals surface area (Å²) in [5.74, 6) is -0.203. The Morgan fingerprint density at radius 3 is 2.94 bits per heavy atom. The minimum Gasteiger partial charge on any atom is -0.391 e. The third-order valence-corrected chi connectivity index (χ3v) is 3.15. The number of nitrogens with one attached hydrogen (secondary N) is 1. The number of amides is 1. The van der Waals surface area contributed by atoms with Crippen LogP contribution in [0.15, 0.2) is 11.4 Å². The van der Waals surface area contributed by atoms with E-state index >= 15 is 0 Å². The molecule has 0 radical (unpaired) electrons. The molecule has 0 aliphatic rings. The molecule has 1 rings (SSSR count). The molecule has 1 aromatic heterocycles. The third kappa shape index (κ3) is 3.05. The number of rotatable bonds is 4. The Hall–Kier alpha value is -1.38. The zero-order chi connectivity index (χ0) is 12.1. The molecule has 1 aromatic rings. The lowest BCUT2D eigenvalue weighted by atomic mass is 10.1. The highest BCUT2D eigenvalue weighted by atomic mass is 32.1. The van der Waals surface area contributed by atoms with Gasteiger partial charge in [-0.15, -0.1) is 11.3 Å². The predicted octanol–water partition coefficient (Wildman–Crippen LogP) is 1.37. The van der Waals surface area contributed by atoms with Crippen molar-refractivity contribution in [2.45, 2.75) is 20.0 Å². The lowest BCUT2D eigenvalue weighted by Crippen LogP contribution is -2.34. The summed E-state index contributed by atoms with van der Waals surface area (Å²) in [5, 5.41) is 22.6. The Morgan fingerprint density at radius 2 is 2.38 bits per heavy atom. The lowest BCUT2D eigenvalue weighted by Gasteiger charge is -2.14. The van der Waals surface area contributed by atoms with E-state index in [1.165, 1.54) is 11.3 Å². The SMILES string of the molecule is CC(C)C(O)CNC(=O)c1sccc1C#N. The molecule has 1 unspecified atom stereocenters. The summed E-state index contributed by atoms with van der Waals surface area (Å²) in [6.45, 7) is 3.96. The molecule has 0 bridgehead atoms. The molecule has 0 saturated heterocycles. The van der Waals surface area contributed by atoms with Gasteiger partial charge in [0, 0.05) is 6.54 Å². The van der Waals surface area contributed by atoms with Gasteiger partial charge in [-0.2, -0.15) is 5.26 Å². The van der Waals surface area contributed by atoms with E-state index in [0.717, 1.165) is 0 Å². The van der Waals surface area contributed by atoms with E-state index in [1.54, 1.807) is 11.4 Å². The van der Waals surface area contributed by atoms with Gasteiger partial charge in [0.25, 0.3) is 5.91 Å². The van der Waals surface area contributed by atoms with E-state index in [0.29, 0.717) is 10.4 Å². The van der Waals surface area contributed by atoms with Crippen LogP contribution in [0.4, 0.5) is 0 Å². The predicted molar refractivity (Wildman–Crippen MR) is 62.2 cm³/mol. The average Bonchev–Trinajstić information content (AvgIpc) is 2.73. The fourth-order valence-corrected chi connectivity index (χ4v) is 1.85. The first-order chi connectivity index (χ1) is 7.56. The first-order valence-electron chi connectivity index (χ1n) is 5.00. The lowest BCUT2D eigenvalue weighted by molar-refractivity contribution is 0.0875. The van der Waals surface area contributed by atoms with Gasteiger partial charge in [0.2, 0.25) is 0 Å². The quantitative estimate of drug-likeness (QED) is 0.832. The number of carbonyl (C=O) groups is 1. The third-order valence-electron chi connectivity index (χ3n) is 2.23. The standard InChI is InChI=1S/C11H14N2O2S/c1-7(2)9(14)6-13-11(15)10-8(5-12)3-4-16-10/h3-4,7,9,14H,6H2,1-2H3,(H,13,15). The zero-order valence-corrected chi connectivity index (χ0v) is 10.0. The molecule has 0 aliphatic carbocycles. The van der Waals surface area contributed by atoms with Gasteiger partial charge in [-0.25, -0.2) is 0 Å². The van der Waals surface area contributed by atoms with Crippen LogP contribution in [0.1, 0.15) is 29.1 Å². The van der Waals surface area contributed by atoms with Gasteiger partial charge in [-0.1, -0.05) is 13.8 Å². The van der Waals surface area contributed by atoms with Crippen molar-refractivity contribution in [2.24, 2.45) is 5.92 Å². The van der Waals surface area contributed by atoms with Crippen LogP contribution >= 0.6 is 11.3 Å². The highest BCUT2D eigenvalue weighted by Gasteiger charge is 2.15. The maximum absolute atomic E-state index is 11.6. The van der Waals surface area contributed by atoms with Crippen molar-refractivity contribution >= 4 is 17.2 Å². The van der Waals surface area contributed by atoms with Crippen LogP contribution in [0, 0.1) is 17.2 Å². The maximum atomic E-state index is 11.6. The summed E-state index contributed by atoms with van der Waals surface area (Å²) >= 11 is 1.23. The Labute approximate surface area is 98.5 Å². The Kier molecular flexibility index (Phi) is 4.47. The van der Waals surface area contributed by atoms with Crippen molar-refractivity contribution in [1.82, 2.24) is 5.32 Å². The highest BCUT2D eigenvalue weighted by molar-refractivity contribution is 7.12. The second-order valence-electron chi connectivity index (χ2n) is 3.80. The highest BCUT2D eigenvalue weighted by Crippen LogP contribution is 2.15. The van der Waals surface area contributed by atoms with Crippen LogP contribution < -0.4 is 5.32 Å². The molecule has 1 amide bonds. The molecule has 1 atom stereocenters. The molecule has 0 aliphatic heterocycles. The van der Waals surface area contributed by atoms with Crippen LogP contribution in [0.5, 0.6) is 0 Å². The van der Waals surface area contributed by atoms with E-state index in [9.17, 15) is 9.90 Å². The number of aliphatic hydroxyl groups is 1. The molecule has 5 heteroatoms. The number of carbonyl (C=O) groups excluding carboxylic acids is 1. The average molecular weight is 238 g/mol. The molecule has 86 valence electrons. The first kappa shape index (κ1) is 12.7. The van der Waals surface area contributed by atoms with Gasteiger partial charge in [0.1, 0.15) is 10.9 Å². The fourth-order valence-electron chi connectivity index (χ4n) is 1.09. The largest absolute Gasteiger partial charge is 0.391 e. The summed E-state index contributed by atoms with van der Waals surface area (Å²) < 4.78 is 0. The number of hydrogen-bond acceptors (Lipinski definition) is 4. The number of hydrogen-bond donors (Lipinski definition) is 2. The van der Waals surface area contributed by atoms with Crippen molar-refractivity contribution in [3.8, 4) is 6.07 Å². The summed E-state index contributed by atoms with van der Waals surface area (Å²) in [7, 11) is 0. The van der Waals surface area contributed by atoms with Crippen molar-refractivity contribution in [3.05, 3.63) is 21.9 Å². The zero-order valence-electron chi connectivity index (χ0n) is 9.23. The van der Waals surface area contributed by atoms with Gasteiger partial charge in [0.15, 0.2) is 0 Å². The molecule has 1 heterocycles. The molecule has 2 N–H and O–H groups in total. The molecule has 0 fully saturated rings. The minimum atomic E-state index is -0.561. The van der Waals surface area contributed by atoms with Crippen molar-refractivity contribution in [2.75, 3.05) is 6.54 Å². The van der Waals surface area contributed by atoms with Gasteiger partial charge in [0.05, 0.1) is 11.7 Å². The van der Waals surface area contributed by atoms with Crippen molar-refractivity contribution in [3.63, 3.8) is 0 Å². The van der Waals surface area contributed by atoms with Crippen LogP contribution in [0.25, 0.3) is 0 Å². The van der Waals surface area contributed by atoms with Gasteiger partial charge >= 0.3 is 0 Å². The van der Waals surface area contributed by atoms with Crippen LogP contribution in [0.3, 0.4) is 0 Å². The molecular weight excluding hydrogens is 224 g/mol. The summed E-state index contributed by atoms with van der Waals surface area (Å²) in [6, 6.07) is 3.56. The second-order valence-corrected chi connectivity index (χ2v) is 4.71. The van der Waals surface area contributed by atoms with Crippen molar-refractivity contribution in [1.29, 1.82) is 5.26 Å². The molecule has 0 aromatic carbocycles. The fraction of sp³-hybridized carbons (Fsp3) is 0.455. The second kappa shape index (κ2) is 5.64. The maximum Gasteiger partial charge on any atom is 0.262 e. The van der Waals surface area contributed by atoms with Gasteiger partial charge < -0.3 is 10.4 Å². The molecule has 0 saturated carbocycles. The van der Waals surface area contributed by atoms with E-state index in [1.807, 2.05) is 19.9 Å². The van der Waals surface area contributed by atoms with E-state index < -0.39 is 6.10 Å². The van der Waals surface area contributed by atoms with E-state index in [4.69, 9.17) is 5.26 Å². The summed E-state index contributed by atoms with van der Waals surface area (Å²) in [6.07, 6.45) is -0.561. The van der Waals surface area contributed by atoms with Crippen molar-refractivity contribution < 1.29 is 9.90 Å². The van der Waals surface area contributed by atoms with Crippen LogP contribution in [-0.4, -0.2) is 23.7 Å². The summed E-state index contributed by atoms with van der Waals surface area (Å²) in [5.41, 5.74) is 0.376. The first-order valence-corrected chi connectivity index (χ1v) is 5.88. The molecule has 4 nitrogen and oxygen atoms in total. The van der Waals surface area contributed by atoms with E-state index in [2.05, 4.69) is 5.32 Å². The smallest absolute Gasteiger partial charge is 0.262 e. The van der Waals surface area contributed by atoms with Crippen LogP contribution in [-0.2, 0) is 0 Å². The van der Waals surface area contributed by atoms with Crippen LogP contribution in [0.2, 0.25) is 0 Å². The molecule has 16 heavy (non-hydrogen) atoms. The van der Waals surface area contributed by atoms with E-state index in [-0.39, 0.29) is 18.4 Å². The summed E-state index contributed by atoms with van der Waals surface area (Å²) in [4.78, 5) is 12.1. The number of nitriles is 1. The normalized spacial score (nSPS) is 12.2. The number of aliphatic hydroxyl groups excluding tert-OH is 1. The topological polar surface area (TPSA) is 73.1 Å². The number of nitrogens with zero attached hydrogens (tertiary/aromatic N) is 1.